The first-order chi connectivity index (χ1) is 46.3. The van der Waals surface area contributed by atoms with Crippen molar-refractivity contribution in [2.75, 3.05) is 39.6 Å². The highest BCUT2D eigenvalue weighted by Gasteiger charge is 2.30. The molecule has 0 aliphatic rings. The SMILES string of the molecule is CCCCCC/C=C\C=C/CCCCCCCC(=O)O[C@H](COC(=O)CCCCCCCCCCCCC(C)CC)COP(=O)(O)OCC(O)COP(=O)(O)OC[C@@H](COC(=O)CCCCCCCCC(C)C)OC(=O)CCCCCCCCCCCCCCCCCC(C)C. The maximum Gasteiger partial charge on any atom is 0.472 e. The molecule has 0 bridgehead atoms. The summed E-state index contributed by atoms with van der Waals surface area (Å²) < 4.78 is 68.5. The van der Waals surface area contributed by atoms with Gasteiger partial charge in [-0.05, 0) is 69.1 Å². The van der Waals surface area contributed by atoms with Crippen molar-refractivity contribution in [3.05, 3.63) is 24.3 Å². The number of aliphatic hydroxyl groups excluding tert-OH is 1. The summed E-state index contributed by atoms with van der Waals surface area (Å²) in [7, 11) is -9.93. The molecule has 6 atom stereocenters. The number of esters is 4. The molecule has 0 saturated heterocycles. The molecule has 566 valence electrons. The topological polar surface area (TPSA) is 237 Å². The second kappa shape index (κ2) is 67.1. The third kappa shape index (κ3) is 68.7. The van der Waals surface area contributed by atoms with Gasteiger partial charge < -0.3 is 33.8 Å². The van der Waals surface area contributed by atoms with E-state index in [0.717, 1.165) is 121 Å². The molecule has 4 unspecified atom stereocenters. The predicted molar refractivity (Wildman–Crippen MR) is 390 cm³/mol. The predicted octanol–water partition coefficient (Wildman–Crippen LogP) is 22.1. The quantitative estimate of drug-likeness (QED) is 0.0169. The average molecular weight is 1410 g/mol. The first-order valence-corrected chi connectivity index (χ1v) is 42.2. The van der Waals surface area contributed by atoms with Crippen LogP contribution in [0.2, 0.25) is 0 Å². The minimum Gasteiger partial charge on any atom is -0.462 e. The number of rotatable bonds is 73. The molecule has 0 aromatic heterocycles. The first-order valence-electron chi connectivity index (χ1n) is 39.2. The van der Waals surface area contributed by atoms with Crippen molar-refractivity contribution < 1.29 is 80.2 Å². The van der Waals surface area contributed by atoms with E-state index in [1.165, 1.54) is 161 Å². The largest absolute Gasteiger partial charge is 0.472 e. The second-order valence-corrected chi connectivity index (χ2v) is 31.2. The van der Waals surface area contributed by atoms with Crippen molar-refractivity contribution in [1.82, 2.24) is 0 Å². The van der Waals surface area contributed by atoms with Gasteiger partial charge in [0, 0.05) is 25.7 Å². The smallest absolute Gasteiger partial charge is 0.462 e. The number of aliphatic hydroxyl groups is 1. The second-order valence-electron chi connectivity index (χ2n) is 28.3. The third-order valence-corrected chi connectivity index (χ3v) is 19.5. The molecule has 17 nitrogen and oxygen atoms in total. The van der Waals surface area contributed by atoms with Crippen LogP contribution in [-0.2, 0) is 65.4 Å². The Morgan fingerprint density at radius 3 is 0.927 bits per heavy atom. The van der Waals surface area contributed by atoms with Gasteiger partial charge in [-0.2, -0.15) is 0 Å². The molecular formula is C77H146O17P2. The molecule has 0 heterocycles. The van der Waals surface area contributed by atoms with Gasteiger partial charge in [-0.3, -0.25) is 37.3 Å². The molecule has 0 fully saturated rings. The third-order valence-electron chi connectivity index (χ3n) is 17.6. The van der Waals surface area contributed by atoms with Crippen LogP contribution in [0.3, 0.4) is 0 Å². The van der Waals surface area contributed by atoms with E-state index in [2.05, 4.69) is 72.8 Å². The maximum absolute atomic E-state index is 13.1. The average Bonchev–Trinajstić information content (AvgIpc) is 1.59. The van der Waals surface area contributed by atoms with Gasteiger partial charge >= 0.3 is 39.5 Å². The van der Waals surface area contributed by atoms with Gasteiger partial charge in [0.25, 0.3) is 0 Å². The number of phosphoric ester groups is 2. The van der Waals surface area contributed by atoms with E-state index in [1.54, 1.807) is 0 Å². The minimum absolute atomic E-state index is 0.0845. The summed E-state index contributed by atoms with van der Waals surface area (Å²) in [6, 6.07) is 0. The summed E-state index contributed by atoms with van der Waals surface area (Å²) in [5, 5.41) is 10.6. The van der Waals surface area contributed by atoms with Gasteiger partial charge in [-0.15, -0.1) is 0 Å². The highest BCUT2D eigenvalue weighted by atomic mass is 31.2. The molecule has 0 aromatic carbocycles. The van der Waals surface area contributed by atoms with Gasteiger partial charge in [-0.1, -0.05) is 317 Å². The van der Waals surface area contributed by atoms with Gasteiger partial charge in [-0.25, -0.2) is 9.13 Å². The summed E-state index contributed by atoms with van der Waals surface area (Å²) in [6.07, 6.45) is 56.4. The van der Waals surface area contributed by atoms with Gasteiger partial charge in [0.2, 0.25) is 0 Å². The summed E-state index contributed by atoms with van der Waals surface area (Å²) in [5.74, 6) is 0.137. The first kappa shape index (κ1) is 93.5. The van der Waals surface area contributed by atoms with Crippen molar-refractivity contribution in [2.45, 2.75) is 388 Å². The Kier molecular flexibility index (Phi) is 65.3. The zero-order valence-corrected chi connectivity index (χ0v) is 64.1. The Labute approximate surface area is 586 Å². The summed E-state index contributed by atoms with van der Waals surface area (Å²) in [4.78, 5) is 72.8. The lowest BCUT2D eigenvalue weighted by molar-refractivity contribution is -0.161. The number of hydrogen-bond donors (Lipinski definition) is 3. The molecular weight excluding hydrogens is 1260 g/mol. The number of carbonyl (C=O) groups excluding carboxylic acids is 4. The number of allylic oxidation sites excluding steroid dienone is 4. The number of ether oxygens (including phenoxy) is 4. The Balaban J connectivity index is 5.26. The Morgan fingerprint density at radius 1 is 0.344 bits per heavy atom. The molecule has 96 heavy (non-hydrogen) atoms. The molecule has 0 aliphatic heterocycles. The van der Waals surface area contributed by atoms with Crippen LogP contribution in [0.1, 0.15) is 370 Å². The monoisotopic (exact) mass is 1410 g/mol. The Hall–Kier alpha value is -2.46. The lowest BCUT2D eigenvalue weighted by atomic mass is 9.99. The highest BCUT2D eigenvalue weighted by molar-refractivity contribution is 7.47. The Morgan fingerprint density at radius 2 is 0.615 bits per heavy atom. The molecule has 0 spiro atoms. The van der Waals surface area contributed by atoms with E-state index in [9.17, 15) is 43.2 Å². The highest BCUT2D eigenvalue weighted by Crippen LogP contribution is 2.45. The van der Waals surface area contributed by atoms with Crippen molar-refractivity contribution >= 4 is 39.5 Å². The fourth-order valence-electron chi connectivity index (χ4n) is 11.2. The standard InChI is InChI=1S/C77H146O17P2/c1-8-10-11-12-13-14-15-16-18-22-25-32-37-46-53-60-76(81)93-72(64-87-74(79)58-51-44-36-31-28-27-30-35-43-50-57-70(7)9-2)66-91-95(83,84)89-62-71(78)63-90-96(85,86)92-67-73(65-88-75(80)59-52-45-40-39-42-49-56-69(5)6)94-77(82)61-54-47-38-33-26-23-20-17-19-21-24-29-34-41-48-55-68(3)4/h14-16,18,68-73,78H,8-13,17,19-67H2,1-7H3,(H,83,84)(H,85,86)/b15-14-,18-16-/t70?,71?,72-,73-/m1/s1. The van der Waals surface area contributed by atoms with Crippen LogP contribution in [0.15, 0.2) is 24.3 Å². The van der Waals surface area contributed by atoms with E-state index in [1.807, 2.05) is 0 Å². The summed E-state index contributed by atoms with van der Waals surface area (Å²) >= 11 is 0. The van der Waals surface area contributed by atoms with Crippen LogP contribution in [0, 0.1) is 17.8 Å². The fourth-order valence-corrected chi connectivity index (χ4v) is 12.8. The van der Waals surface area contributed by atoms with Gasteiger partial charge in [0.15, 0.2) is 12.2 Å². The lowest BCUT2D eigenvalue weighted by Gasteiger charge is -2.21. The molecule has 0 aromatic rings. The van der Waals surface area contributed by atoms with Crippen LogP contribution >= 0.6 is 15.6 Å². The van der Waals surface area contributed by atoms with Crippen molar-refractivity contribution in [2.24, 2.45) is 17.8 Å². The van der Waals surface area contributed by atoms with Gasteiger partial charge in [0.05, 0.1) is 26.4 Å². The van der Waals surface area contributed by atoms with E-state index in [-0.39, 0.29) is 25.7 Å². The zero-order chi connectivity index (χ0) is 70.9. The molecule has 0 amide bonds. The molecule has 0 radical (unpaired) electrons. The number of hydrogen-bond acceptors (Lipinski definition) is 15. The van der Waals surface area contributed by atoms with Gasteiger partial charge in [0.1, 0.15) is 19.3 Å². The van der Waals surface area contributed by atoms with Crippen LogP contribution in [0.4, 0.5) is 0 Å². The summed E-state index contributed by atoms with van der Waals surface area (Å²) in [5.41, 5.74) is 0. The number of phosphoric acid groups is 2. The Bertz CT molecular complexity index is 1970. The van der Waals surface area contributed by atoms with Crippen LogP contribution in [0.25, 0.3) is 0 Å². The van der Waals surface area contributed by atoms with E-state index < -0.39 is 97.5 Å². The minimum atomic E-state index is -4.97. The molecule has 19 heteroatoms. The number of unbranched alkanes of at least 4 members (excludes halogenated alkanes) is 37. The van der Waals surface area contributed by atoms with Crippen LogP contribution in [-0.4, -0.2) is 96.7 Å². The number of carbonyl (C=O) groups is 4. The van der Waals surface area contributed by atoms with Crippen LogP contribution < -0.4 is 0 Å². The van der Waals surface area contributed by atoms with Crippen molar-refractivity contribution in [3.8, 4) is 0 Å². The van der Waals surface area contributed by atoms with Crippen LogP contribution in [0.5, 0.6) is 0 Å². The fraction of sp³-hybridized carbons (Fsp3) is 0.896. The van der Waals surface area contributed by atoms with E-state index >= 15 is 0 Å². The zero-order valence-electron chi connectivity index (χ0n) is 62.3. The molecule has 0 aliphatic carbocycles. The molecule has 0 rings (SSSR count). The molecule has 3 N–H and O–H groups in total. The van der Waals surface area contributed by atoms with E-state index in [4.69, 9.17) is 37.0 Å². The lowest BCUT2D eigenvalue weighted by Crippen LogP contribution is -2.30. The maximum atomic E-state index is 13.1. The van der Waals surface area contributed by atoms with Crippen molar-refractivity contribution in [1.29, 1.82) is 0 Å². The van der Waals surface area contributed by atoms with E-state index in [0.29, 0.717) is 31.6 Å². The summed E-state index contributed by atoms with van der Waals surface area (Å²) in [6.45, 7) is 11.8. The normalized spacial score (nSPS) is 14.5. The van der Waals surface area contributed by atoms with Crippen molar-refractivity contribution in [3.63, 3.8) is 0 Å². The molecule has 0 saturated carbocycles.